The van der Waals surface area contributed by atoms with Crippen LogP contribution in [-0.4, -0.2) is 29.3 Å². The van der Waals surface area contributed by atoms with Gasteiger partial charge in [0.25, 0.3) is 0 Å². The molecular weight excluding hydrogens is 413 g/mol. The van der Waals surface area contributed by atoms with E-state index in [0.29, 0.717) is 6.54 Å². The molecule has 0 saturated heterocycles. The lowest BCUT2D eigenvalue weighted by Crippen LogP contribution is -2.38. The summed E-state index contributed by atoms with van der Waals surface area (Å²) in [5.74, 6) is 0.749. The first-order valence-electron chi connectivity index (χ1n) is 6.86. The zero-order valence-corrected chi connectivity index (χ0v) is 15.8. The molecule has 1 aromatic heterocycles. The van der Waals surface area contributed by atoms with Crippen molar-refractivity contribution < 1.29 is 0 Å². The number of nitrogens with one attached hydrogen (secondary N) is 2. The van der Waals surface area contributed by atoms with E-state index < -0.39 is 0 Å². The lowest BCUT2D eigenvalue weighted by molar-refractivity contribution is 0.597. The maximum atomic E-state index is 6.13. The molecule has 1 aromatic carbocycles. The molecule has 0 amide bonds. The molecular formula is C15H21ClIN5. The molecule has 0 aliphatic rings. The molecule has 120 valence electrons. The number of halogens is 2. The van der Waals surface area contributed by atoms with E-state index in [2.05, 4.69) is 20.7 Å². The van der Waals surface area contributed by atoms with Gasteiger partial charge in [-0.2, -0.15) is 5.10 Å². The first-order valence-corrected chi connectivity index (χ1v) is 7.24. The number of guanidine groups is 1. The minimum absolute atomic E-state index is 0. The second-order valence-electron chi connectivity index (χ2n) is 4.72. The van der Waals surface area contributed by atoms with Crippen LogP contribution in [0.4, 0.5) is 0 Å². The molecule has 0 bridgehead atoms. The van der Waals surface area contributed by atoms with Gasteiger partial charge < -0.3 is 10.6 Å². The van der Waals surface area contributed by atoms with Gasteiger partial charge in [0.15, 0.2) is 5.96 Å². The molecule has 0 aliphatic carbocycles. The van der Waals surface area contributed by atoms with Gasteiger partial charge in [0.1, 0.15) is 0 Å². The normalized spacial score (nSPS) is 11.0. The Morgan fingerprint density at radius 3 is 2.73 bits per heavy atom. The smallest absolute Gasteiger partial charge is 0.191 e. The lowest BCUT2D eigenvalue weighted by Gasteiger charge is -2.12. The molecule has 2 rings (SSSR count). The second-order valence-corrected chi connectivity index (χ2v) is 5.13. The summed E-state index contributed by atoms with van der Waals surface area (Å²) >= 11 is 6.13. The number of aliphatic imine (C=N–C) groups is 1. The van der Waals surface area contributed by atoms with Crippen molar-refractivity contribution in [3.05, 3.63) is 52.8 Å². The summed E-state index contributed by atoms with van der Waals surface area (Å²) in [7, 11) is 1.75. The Morgan fingerprint density at radius 2 is 2.09 bits per heavy atom. The quantitative estimate of drug-likeness (QED) is 0.433. The number of aromatic nitrogens is 2. The van der Waals surface area contributed by atoms with Crippen LogP contribution in [0.25, 0.3) is 0 Å². The van der Waals surface area contributed by atoms with Gasteiger partial charge in [0, 0.05) is 31.4 Å². The van der Waals surface area contributed by atoms with E-state index in [4.69, 9.17) is 11.6 Å². The van der Waals surface area contributed by atoms with Gasteiger partial charge in [0.05, 0.1) is 12.7 Å². The van der Waals surface area contributed by atoms with Crippen LogP contribution in [0, 0.1) is 6.92 Å². The molecule has 7 heteroatoms. The highest BCUT2D eigenvalue weighted by atomic mass is 127. The van der Waals surface area contributed by atoms with E-state index in [1.807, 2.05) is 48.3 Å². The Kier molecular flexibility index (Phi) is 8.26. The van der Waals surface area contributed by atoms with E-state index >= 15 is 0 Å². The maximum absolute atomic E-state index is 6.13. The Balaban J connectivity index is 0.00000242. The van der Waals surface area contributed by atoms with Crippen molar-refractivity contribution in [2.75, 3.05) is 13.6 Å². The van der Waals surface area contributed by atoms with Crippen molar-refractivity contribution in [1.29, 1.82) is 0 Å². The monoisotopic (exact) mass is 433 g/mol. The maximum Gasteiger partial charge on any atom is 0.191 e. The summed E-state index contributed by atoms with van der Waals surface area (Å²) in [6.45, 7) is 4.21. The second kappa shape index (κ2) is 9.68. The van der Waals surface area contributed by atoms with Crippen molar-refractivity contribution in [2.24, 2.45) is 4.99 Å². The van der Waals surface area contributed by atoms with Crippen LogP contribution in [0.5, 0.6) is 0 Å². The molecule has 1 heterocycles. The average Bonchev–Trinajstić information content (AvgIpc) is 2.90. The van der Waals surface area contributed by atoms with Crippen LogP contribution in [0.1, 0.15) is 11.1 Å². The summed E-state index contributed by atoms with van der Waals surface area (Å²) in [6.07, 6.45) is 3.87. The molecule has 2 aromatic rings. The highest BCUT2D eigenvalue weighted by Gasteiger charge is 2.01. The third-order valence-corrected chi connectivity index (χ3v) is 3.39. The third-order valence-electron chi connectivity index (χ3n) is 3.02. The number of rotatable bonds is 5. The van der Waals surface area contributed by atoms with Crippen LogP contribution >= 0.6 is 35.6 Å². The van der Waals surface area contributed by atoms with Crippen molar-refractivity contribution >= 4 is 41.5 Å². The molecule has 22 heavy (non-hydrogen) atoms. The number of benzene rings is 1. The van der Waals surface area contributed by atoms with Crippen molar-refractivity contribution in [2.45, 2.75) is 20.0 Å². The highest BCUT2D eigenvalue weighted by Crippen LogP contribution is 2.14. The van der Waals surface area contributed by atoms with Gasteiger partial charge in [-0.15, -0.1) is 24.0 Å². The molecule has 0 radical (unpaired) electrons. The standard InChI is InChI=1S/C15H20ClN5.HI/c1-12-9-20-21(11-12)8-7-18-15(17-2)19-10-13-5-3-4-6-14(13)16;/h3-6,9,11H,7-8,10H2,1-2H3,(H2,17,18,19);1H. The summed E-state index contributed by atoms with van der Waals surface area (Å²) < 4.78 is 1.91. The predicted molar refractivity (Wildman–Crippen MR) is 102 cm³/mol. The van der Waals surface area contributed by atoms with Crippen molar-refractivity contribution in [1.82, 2.24) is 20.4 Å². The molecule has 0 spiro atoms. The fourth-order valence-electron chi connectivity index (χ4n) is 1.92. The molecule has 0 aliphatic heterocycles. The van der Waals surface area contributed by atoms with Crippen molar-refractivity contribution in [3.8, 4) is 0 Å². The van der Waals surface area contributed by atoms with Gasteiger partial charge in [-0.05, 0) is 24.1 Å². The van der Waals surface area contributed by atoms with E-state index in [9.17, 15) is 0 Å². The molecule has 5 nitrogen and oxygen atoms in total. The van der Waals surface area contributed by atoms with E-state index in [1.54, 1.807) is 7.05 Å². The first-order chi connectivity index (χ1) is 10.2. The SMILES string of the molecule is CN=C(NCCn1cc(C)cn1)NCc1ccccc1Cl.I. The summed E-state index contributed by atoms with van der Waals surface area (Å²) in [4.78, 5) is 4.19. The van der Waals surface area contributed by atoms with Crippen LogP contribution in [0.15, 0.2) is 41.7 Å². The van der Waals surface area contributed by atoms with E-state index in [0.717, 1.165) is 35.2 Å². The molecule has 0 saturated carbocycles. The van der Waals surface area contributed by atoms with Gasteiger partial charge in [-0.25, -0.2) is 0 Å². The van der Waals surface area contributed by atoms with E-state index in [-0.39, 0.29) is 24.0 Å². The number of hydrogen-bond acceptors (Lipinski definition) is 2. The molecule has 0 fully saturated rings. The minimum Gasteiger partial charge on any atom is -0.355 e. The minimum atomic E-state index is 0. The summed E-state index contributed by atoms with van der Waals surface area (Å²) in [5, 5.41) is 11.5. The molecule has 0 unspecified atom stereocenters. The predicted octanol–water partition coefficient (Wildman–Crippen LogP) is 2.83. The number of hydrogen-bond donors (Lipinski definition) is 2. The van der Waals surface area contributed by atoms with Crippen LogP contribution in [0.2, 0.25) is 5.02 Å². The zero-order valence-electron chi connectivity index (χ0n) is 12.7. The van der Waals surface area contributed by atoms with Crippen LogP contribution < -0.4 is 10.6 Å². The van der Waals surface area contributed by atoms with Gasteiger partial charge >= 0.3 is 0 Å². The lowest BCUT2D eigenvalue weighted by atomic mass is 10.2. The fraction of sp³-hybridized carbons (Fsp3) is 0.333. The van der Waals surface area contributed by atoms with Gasteiger partial charge in [0.2, 0.25) is 0 Å². The molecule has 0 atom stereocenters. The van der Waals surface area contributed by atoms with Crippen LogP contribution in [0.3, 0.4) is 0 Å². The molecule has 2 N–H and O–H groups in total. The average molecular weight is 434 g/mol. The summed E-state index contributed by atoms with van der Waals surface area (Å²) in [6, 6.07) is 7.77. The highest BCUT2D eigenvalue weighted by molar-refractivity contribution is 14.0. The Morgan fingerprint density at radius 1 is 1.32 bits per heavy atom. The van der Waals surface area contributed by atoms with Crippen molar-refractivity contribution in [3.63, 3.8) is 0 Å². The number of aryl methyl sites for hydroxylation is 1. The van der Waals surface area contributed by atoms with E-state index in [1.165, 1.54) is 0 Å². The topological polar surface area (TPSA) is 54.2 Å². The number of nitrogens with zero attached hydrogens (tertiary/aromatic N) is 3. The largest absolute Gasteiger partial charge is 0.355 e. The first kappa shape index (κ1) is 18.8. The summed E-state index contributed by atoms with van der Waals surface area (Å²) in [5.41, 5.74) is 2.21. The third kappa shape index (κ3) is 5.84. The van der Waals surface area contributed by atoms with Gasteiger partial charge in [-0.3, -0.25) is 9.67 Å². The van der Waals surface area contributed by atoms with Gasteiger partial charge in [-0.1, -0.05) is 29.8 Å². The Hall–Kier alpha value is -1.28. The van der Waals surface area contributed by atoms with Crippen LogP contribution in [-0.2, 0) is 13.1 Å². The Labute approximate surface area is 153 Å². The zero-order chi connectivity index (χ0) is 15.1. The Bertz CT molecular complexity index is 611. The fourth-order valence-corrected chi connectivity index (χ4v) is 2.12.